The quantitative estimate of drug-likeness (QED) is 0.882. The lowest BCUT2D eigenvalue weighted by atomic mass is 10.2. The Hall–Kier alpha value is -2.56. The van der Waals surface area contributed by atoms with E-state index < -0.39 is 0 Å². The molecule has 0 aliphatic rings. The second-order valence-electron chi connectivity index (χ2n) is 4.72. The molecule has 0 aliphatic carbocycles. The van der Waals surface area contributed by atoms with Gasteiger partial charge in [-0.1, -0.05) is 30.3 Å². The second-order valence-corrected chi connectivity index (χ2v) is 4.72. The Bertz CT molecular complexity index is 579. The maximum atomic E-state index is 11.9. The van der Waals surface area contributed by atoms with Crippen molar-refractivity contribution >= 4 is 11.8 Å². The van der Waals surface area contributed by atoms with Gasteiger partial charge in [0.15, 0.2) is 0 Å². The molecular weight excluding hydrogens is 268 g/mol. The highest BCUT2D eigenvalue weighted by Gasteiger charge is 2.14. The summed E-state index contributed by atoms with van der Waals surface area (Å²) in [6.07, 6.45) is 1.55. The Morgan fingerprint density at radius 1 is 1.14 bits per heavy atom. The van der Waals surface area contributed by atoms with Crippen LogP contribution >= 0.6 is 0 Å². The van der Waals surface area contributed by atoms with Crippen LogP contribution in [0.1, 0.15) is 18.2 Å². The van der Waals surface area contributed by atoms with Gasteiger partial charge in [-0.25, -0.2) is 0 Å². The Kier molecular flexibility index (Phi) is 5.15. The van der Waals surface area contributed by atoms with E-state index >= 15 is 0 Å². The molecule has 2 amide bonds. The molecule has 0 spiro atoms. The van der Waals surface area contributed by atoms with E-state index in [0.29, 0.717) is 18.8 Å². The average Bonchev–Trinajstić information content (AvgIpc) is 2.99. The van der Waals surface area contributed by atoms with Crippen molar-refractivity contribution in [3.63, 3.8) is 0 Å². The second kappa shape index (κ2) is 7.28. The molecule has 0 unspecified atom stereocenters. The lowest BCUT2D eigenvalue weighted by molar-refractivity contribution is -0.135. The number of amides is 2. The summed E-state index contributed by atoms with van der Waals surface area (Å²) in [5, 5.41) is 2.73. The van der Waals surface area contributed by atoms with E-state index in [4.69, 9.17) is 4.42 Å². The summed E-state index contributed by atoms with van der Waals surface area (Å²) >= 11 is 0. The molecule has 110 valence electrons. The highest BCUT2D eigenvalue weighted by Crippen LogP contribution is 2.05. The Labute approximate surface area is 123 Å². The molecule has 21 heavy (non-hydrogen) atoms. The van der Waals surface area contributed by atoms with Crippen LogP contribution in [0.3, 0.4) is 0 Å². The van der Waals surface area contributed by atoms with Crippen LogP contribution in [-0.2, 0) is 22.7 Å². The van der Waals surface area contributed by atoms with Crippen LogP contribution in [0.5, 0.6) is 0 Å². The zero-order chi connectivity index (χ0) is 15.1. The van der Waals surface area contributed by atoms with Crippen molar-refractivity contribution in [3.05, 3.63) is 60.1 Å². The minimum Gasteiger partial charge on any atom is -0.467 e. The standard InChI is InChI=1S/C16H18N2O3/c1-13(19)18(11-14-6-3-2-4-7-14)12-16(20)17-10-15-8-5-9-21-15/h2-9H,10-12H2,1H3,(H,17,20). The van der Waals surface area contributed by atoms with Crippen LogP contribution in [0.2, 0.25) is 0 Å². The Morgan fingerprint density at radius 2 is 1.90 bits per heavy atom. The van der Waals surface area contributed by atoms with Gasteiger partial charge >= 0.3 is 0 Å². The molecule has 0 atom stereocenters. The van der Waals surface area contributed by atoms with Crippen molar-refractivity contribution in [2.24, 2.45) is 0 Å². The van der Waals surface area contributed by atoms with Crippen LogP contribution in [0.15, 0.2) is 53.1 Å². The Balaban J connectivity index is 1.87. The summed E-state index contributed by atoms with van der Waals surface area (Å²) in [4.78, 5) is 25.0. The fraction of sp³-hybridized carbons (Fsp3) is 0.250. The van der Waals surface area contributed by atoms with Crippen molar-refractivity contribution in [2.75, 3.05) is 6.54 Å². The van der Waals surface area contributed by atoms with Gasteiger partial charge in [0.2, 0.25) is 11.8 Å². The van der Waals surface area contributed by atoms with Gasteiger partial charge in [-0.05, 0) is 17.7 Å². The van der Waals surface area contributed by atoms with Crippen LogP contribution in [0.4, 0.5) is 0 Å². The van der Waals surface area contributed by atoms with Crippen LogP contribution < -0.4 is 5.32 Å². The SMILES string of the molecule is CC(=O)N(CC(=O)NCc1ccco1)Cc1ccccc1. The fourth-order valence-corrected chi connectivity index (χ4v) is 1.91. The minimum atomic E-state index is -0.211. The zero-order valence-corrected chi connectivity index (χ0v) is 11.9. The van der Waals surface area contributed by atoms with E-state index in [9.17, 15) is 9.59 Å². The molecule has 1 N–H and O–H groups in total. The largest absolute Gasteiger partial charge is 0.467 e. The third-order valence-corrected chi connectivity index (χ3v) is 3.04. The van der Waals surface area contributed by atoms with Gasteiger partial charge in [0, 0.05) is 13.5 Å². The van der Waals surface area contributed by atoms with E-state index in [1.165, 1.54) is 11.8 Å². The maximum absolute atomic E-state index is 11.9. The average molecular weight is 286 g/mol. The summed E-state index contributed by atoms with van der Waals surface area (Å²) < 4.78 is 5.14. The number of furan rings is 1. The summed E-state index contributed by atoms with van der Waals surface area (Å²) in [5.74, 6) is 0.338. The normalized spacial score (nSPS) is 10.1. The molecule has 0 aliphatic heterocycles. The molecule has 1 heterocycles. The van der Waals surface area contributed by atoms with Gasteiger partial charge in [-0.15, -0.1) is 0 Å². The van der Waals surface area contributed by atoms with E-state index in [-0.39, 0.29) is 18.4 Å². The van der Waals surface area contributed by atoms with Crippen LogP contribution in [0.25, 0.3) is 0 Å². The highest BCUT2D eigenvalue weighted by atomic mass is 16.3. The number of carbonyl (C=O) groups is 2. The molecule has 0 saturated heterocycles. The van der Waals surface area contributed by atoms with Crippen molar-refractivity contribution in [3.8, 4) is 0 Å². The molecule has 1 aromatic carbocycles. The molecule has 2 aromatic rings. The lowest BCUT2D eigenvalue weighted by Crippen LogP contribution is -2.39. The van der Waals surface area contributed by atoms with Crippen LogP contribution in [0, 0.1) is 0 Å². The highest BCUT2D eigenvalue weighted by molar-refractivity contribution is 5.83. The number of carbonyl (C=O) groups excluding carboxylic acids is 2. The molecule has 2 rings (SSSR count). The first-order valence-corrected chi connectivity index (χ1v) is 6.73. The van der Waals surface area contributed by atoms with Crippen molar-refractivity contribution < 1.29 is 14.0 Å². The molecule has 0 fully saturated rings. The Morgan fingerprint density at radius 3 is 2.52 bits per heavy atom. The first kappa shape index (κ1) is 14.8. The zero-order valence-electron chi connectivity index (χ0n) is 11.9. The number of hydrogen-bond donors (Lipinski definition) is 1. The van der Waals surface area contributed by atoms with Crippen molar-refractivity contribution in [2.45, 2.75) is 20.0 Å². The number of nitrogens with zero attached hydrogens (tertiary/aromatic N) is 1. The molecular formula is C16H18N2O3. The number of benzene rings is 1. The van der Waals surface area contributed by atoms with Gasteiger partial charge in [-0.2, -0.15) is 0 Å². The maximum Gasteiger partial charge on any atom is 0.240 e. The van der Waals surface area contributed by atoms with E-state index in [0.717, 1.165) is 5.56 Å². The van der Waals surface area contributed by atoms with Gasteiger partial charge < -0.3 is 14.6 Å². The molecule has 0 radical (unpaired) electrons. The molecule has 5 heteroatoms. The summed E-state index contributed by atoms with van der Waals surface area (Å²) in [7, 11) is 0. The third-order valence-electron chi connectivity index (χ3n) is 3.04. The van der Waals surface area contributed by atoms with E-state index in [1.807, 2.05) is 30.3 Å². The predicted molar refractivity (Wildman–Crippen MR) is 78.1 cm³/mol. The lowest BCUT2D eigenvalue weighted by Gasteiger charge is -2.20. The topological polar surface area (TPSA) is 62.6 Å². The van der Waals surface area contributed by atoms with Gasteiger partial charge in [0.25, 0.3) is 0 Å². The van der Waals surface area contributed by atoms with Crippen molar-refractivity contribution in [1.29, 1.82) is 0 Å². The van der Waals surface area contributed by atoms with Gasteiger partial charge in [0.1, 0.15) is 5.76 Å². The third kappa shape index (κ3) is 4.80. The molecule has 1 aromatic heterocycles. The summed E-state index contributed by atoms with van der Waals surface area (Å²) in [6, 6.07) is 13.1. The minimum absolute atomic E-state index is 0.0327. The number of rotatable bonds is 6. The fourth-order valence-electron chi connectivity index (χ4n) is 1.91. The van der Waals surface area contributed by atoms with Gasteiger partial charge in [0.05, 0.1) is 19.4 Å². The number of hydrogen-bond acceptors (Lipinski definition) is 3. The molecule has 0 saturated carbocycles. The van der Waals surface area contributed by atoms with Crippen molar-refractivity contribution in [1.82, 2.24) is 10.2 Å². The smallest absolute Gasteiger partial charge is 0.240 e. The summed E-state index contributed by atoms with van der Waals surface area (Å²) in [5.41, 5.74) is 0.992. The predicted octanol–water partition coefficient (Wildman–Crippen LogP) is 1.94. The van der Waals surface area contributed by atoms with Crippen LogP contribution in [-0.4, -0.2) is 23.3 Å². The summed E-state index contributed by atoms with van der Waals surface area (Å²) in [6.45, 7) is 2.24. The monoisotopic (exact) mass is 286 g/mol. The van der Waals surface area contributed by atoms with E-state index in [1.54, 1.807) is 18.4 Å². The first-order chi connectivity index (χ1) is 10.1. The molecule has 5 nitrogen and oxygen atoms in total. The number of nitrogens with one attached hydrogen (secondary N) is 1. The first-order valence-electron chi connectivity index (χ1n) is 6.73. The van der Waals surface area contributed by atoms with Gasteiger partial charge in [-0.3, -0.25) is 9.59 Å². The van der Waals surface area contributed by atoms with E-state index in [2.05, 4.69) is 5.32 Å². The molecule has 0 bridgehead atoms.